The molecular formula is C4H9BrO2. The van der Waals surface area contributed by atoms with Crippen molar-refractivity contribution in [3.05, 3.63) is 0 Å². The molecule has 0 aromatic rings. The van der Waals surface area contributed by atoms with Crippen molar-refractivity contribution in [2.45, 2.75) is 18.0 Å². The number of aliphatic hydroxyl groups is 1. The molecule has 0 aromatic heterocycles. The molecule has 2 atom stereocenters. The number of ether oxygens (including phenoxy) is 1. The number of hydrogen-bond donors (Lipinski definition) is 1. The predicted octanol–water partition coefficient (Wildman–Crippen LogP) is 0.735. The maximum Gasteiger partial charge on any atom is 0.166 e. The molecule has 0 bridgehead atoms. The summed E-state index contributed by atoms with van der Waals surface area (Å²) in [4.78, 5) is 0.0116. The van der Waals surface area contributed by atoms with Gasteiger partial charge in [-0.1, -0.05) is 15.9 Å². The summed E-state index contributed by atoms with van der Waals surface area (Å²) in [7, 11) is 1.46. The molecule has 0 saturated carbocycles. The zero-order chi connectivity index (χ0) is 5.86. The first kappa shape index (κ1) is 7.40. The first-order chi connectivity index (χ1) is 3.18. The van der Waals surface area contributed by atoms with E-state index in [1.165, 1.54) is 7.11 Å². The van der Waals surface area contributed by atoms with E-state index in [2.05, 4.69) is 20.7 Å². The van der Waals surface area contributed by atoms with Crippen LogP contribution in [0.15, 0.2) is 0 Å². The number of methoxy groups -OCH3 is 1. The molecule has 3 heteroatoms. The molecule has 0 saturated heterocycles. The van der Waals surface area contributed by atoms with Crippen molar-refractivity contribution >= 4 is 15.9 Å². The molecule has 0 spiro atoms. The van der Waals surface area contributed by atoms with Gasteiger partial charge in [0.15, 0.2) is 6.29 Å². The zero-order valence-electron chi connectivity index (χ0n) is 4.39. The van der Waals surface area contributed by atoms with Crippen LogP contribution >= 0.6 is 15.9 Å². The Morgan fingerprint density at radius 3 is 2.14 bits per heavy atom. The van der Waals surface area contributed by atoms with Crippen molar-refractivity contribution < 1.29 is 9.84 Å². The third kappa shape index (κ3) is 3.02. The fraction of sp³-hybridized carbons (Fsp3) is 1.00. The van der Waals surface area contributed by atoms with Gasteiger partial charge in [-0.05, 0) is 6.92 Å². The van der Waals surface area contributed by atoms with Crippen LogP contribution in [-0.2, 0) is 4.74 Å². The molecule has 0 aromatic carbocycles. The van der Waals surface area contributed by atoms with Crippen LogP contribution < -0.4 is 0 Å². The molecule has 0 radical (unpaired) electrons. The van der Waals surface area contributed by atoms with Crippen molar-refractivity contribution in [3.8, 4) is 0 Å². The molecule has 7 heavy (non-hydrogen) atoms. The Labute approximate surface area is 51.6 Å². The van der Waals surface area contributed by atoms with Crippen LogP contribution in [0.5, 0.6) is 0 Å². The van der Waals surface area contributed by atoms with E-state index >= 15 is 0 Å². The van der Waals surface area contributed by atoms with Gasteiger partial charge in [0.2, 0.25) is 0 Å². The minimum atomic E-state index is -0.681. The van der Waals surface area contributed by atoms with Crippen molar-refractivity contribution in [1.29, 1.82) is 0 Å². The Morgan fingerprint density at radius 2 is 2.14 bits per heavy atom. The van der Waals surface area contributed by atoms with E-state index in [0.717, 1.165) is 0 Å². The second kappa shape index (κ2) is 3.41. The number of alkyl halides is 1. The van der Waals surface area contributed by atoms with E-state index < -0.39 is 6.29 Å². The van der Waals surface area contributed by atoms with Crippen molar-refractivity contribution in [2.75, 3.05) is 7.11 Å². The highest BCUT2D eigenvalue weighted by atomic mass is 79.9. The monoisotopic (exact) mass is 168 g/mol. The number of aliphatic hydroxyl groups excluding tert-OH is 1. The molecule has 2 nitrogen and oxygen atoms in total. The van der Waals surface area contributed by atoms with E-state index in [9.17, 15) is 0 Å². The minimum absolute atomic E-state index is 0.0116. The first-order valence-corrected chi connectivity index (χ1v) is 2.95. The third-order valence-electron chi connectivity index (χ3n) is 0.634. The van der Waals surface area contributed by atoms with Gasteiger partial charge in [-0.2, -0.15) is 0 Å². The van der Waals surface area contributed by atoms with Gasteiger partial charge in [-0.25, -0.2) is 0 Å². The van der Waals surface area contributed by atoms with Crippen LogP contribution in [0.1, 0.15) is 6.92 Å². The lowest BCUT2D eigenvalue weighted by Gasteiger charge is -2.08. The highest BCUT2D eigenvalue weighted by Crippen LogP contribution is 2.02. The van der Waals surface area contributed by atoms with E-state index in [1.54, 1.807) is 0 Å². The maximum absolute atomic E-state index is 8.67. The van der Waals surface area contributed by atoms with Gasteiger partial charge in [-0.15, -0.1) is 0 Å². The van der Waals surface area contributed by atoms with E-state index in [1.807, 2.05) is 6.92 Å². The molecule has 0 aliphatic rings. The summed E-state index contributed by atoms with van der Waals surface area (Å²) < 4.78 is 4.52. The number of halogens is 1. The molecule has 2 unspecified atom stereocenters. The van der Waals surface area contributed by atoms with Crippen LogP contribution in [0.4, 0.5) is 0 Å². The van der Waals surface area contributed by atoms with Crippen molar-refractivity contribution in [1.82, 2.24) is 0 Å². The quantitative estimate of drug-likeness (QED) is 0.487. The number of rotatable bonds is 2. The second-order valence-electron chi connectivity index (χ2n) is 1.30. The van der Waals surface area contributed by atoms with E-state index in [4.69, 9.17) is 5.11 Å². The van der Waals surface area contributed by atoms with Gasteiger partial charge in [0.05, 0.1) is 4.83 Å². The van der Waals surface area contributed by atoms with Crippen molar-refractivity contribution in [2.24, 2.45) is 0 Å². The fourth-order valence-corrected chi connectivity index (χ4v) is 0.403. The highest BCUT2D eigenvalue weighted by molar-refractivity contribution is 9.09. The van der Waals surface area contributed by atoms with Gasteiger partial charge in [0.1, 0.15) is 0 Å². The van der Waals surface area contributed by atoms with E-state index in [0.29, 0.717) is 0 Å². The maximum atomic E-state index is 8.67. The summed E-state index contributed by atoms with van der Waals surface area (Å²) >= 11 is 3.12. The summed E-state index contributed by atoms with van der Waals surface area (Å²) in [6.45, 7) is 1.81. The van der Waals surface area contributed by atoms with E-state index in [-0.39, 0.29) is 4.83 Å². The minimum Gasteiger partial charge on any atom is -0.367 e. The third-order valence-corrected chi connectivity index (χ3v) is 1.09. The lowest BCUT2D eigenvalue weighted by Crippen LogP contribution is -2.18. The standard InChI is InChI=1S/C4H9BrO2/c1-3(5)4(6)7-2/h3-4,6H,1-2H3. The van der Waals surface area contributed by atoms with Gasteiger partial charge < -0.3 is 9.84 Å². The largest absolute Gasteiger partial charge is 0.367 e. The highest BCUT2D eigenvalue weighted by Gasteiger charge is 2.06. The van der Waals surface area contributed by atoms with Gasteiger partial charge >= 0.3 is 0 Å². The molecule has 0 rings (SSSR count). The predicted molar refractivity (Wildman–Crippen MR) is 31.4 cm³/mol. The smallest absolute Gasteiger partial charge is 0.166 e. The SMILES string of the molecule is COC(O)C(C)Br. The Kier molecular flexibility index (Phi) is 3.60. The average Bonchev–Trinajstić information content (AvgIpc) is 1.65. The van der Waals surface area contributed by atoms with Crippen LogP contribution in [0.25, 0.3) is 0 Å². The van der Waals surface area contributed by atoms with Gasteiger partial charge in [-0.3, -0.25) is 0 Å². The normalized spacial score (nSPS) is 18.9. The Hall–Kier alpha value is 0.400. The summed E-state index contributed by atoms with van der Waals surface area (Å²) in [5.74, 6) is 0. The topological polar surface area (TPSA) is 29.5 Å². The molecule has 1 N–H and O–H groups in total. The molecular weight excluding hydrogens is 160 g/mol. The lowest BCUT2D eigenvalue weighted by atomic mass is 10.5. The Balaban J connectivity index is 3.14. The summed E-state index contributed by atoms with van der Waals surface area (Å²) in [5, 5.41) is 8.67. The Morgan fingerprint density at radius 1 is 1.71 bits per heavy atom. The summed E-state index contributed by atoms with van der Waals surface area (Å²) in [6.07, 6.45) is -0.681. The first-order valence-electron chi connectivity index (χ1n) is 2.03. The molecule has 0 fully saturated rings. The molecule has 0 aliphatic heterocycles. The second-order valence-corrected chi connectivity index (χ2v) is 2.75. The van der Waals surface area contributed by atoms with Gasteiger partial charge in [0, 0.05) is 7.11 Å². The van der Waals surface area contributed by atoms with Crippen LogP contribution in [-0.4, -0.2) is 23.3 Å². The Bertz CT molecular complexity index is 47.0. The van der Waals surface area contributed by atoms with Crippen LogP contribution in [0.2, 0.25) is 0 Å². The summed E-state index contributed by atoms with van der Waals surface area (Å²) in [6, 6.07) is 0. The molecule has 0 heterocycles. The van der Waals surface area contributed by atoms with Crippen LogP contribution in [0.3, 0.4) is 0 Å². The molecule has 0 amide bonds. The zero-order valence-corrected chi connectivity index (χ0v) is 5.97. The number of hydrogen-bond acceptors (Lipinski definition) is 2. The van der Waals surface area contributed by atoms with Gasteiger partial charge in [0.25, 0.3) is 0 Å². The molecule has 44 valence electrons. The fourth-order valence-electron chi connectivity index (χ4n) is 0.188. The van der Waals surface area contributed by atoms with Crippen molar-refractivity contribution in [3.63, 3.8) is 0 Å². The van der Waals surface area contributed by atoms with Crippen LogP contribution in [0, 0.1) is 0 Å². The molecule has 0 aliphatic carbocycles. The average molecular weight is 169 g/mol. The summed E-state index contributed by atoms with van der Waals surface area (Å²) in [5.41, 5.74) is 0. The lowest BCUT2D eigenvalue weighted by molar-refractivity contribution is -0.0693.